The van der Waals surface area contributed by atoms with E-state index in [4.69, 9.17) is 4.74 Å². The Morgan fingerprint density at radius 1 is 1.14 bits per heavy atom. The molecule has 3 aromatic rings. The van der Waals surface area contributed by atoms with E-state index in [1.165, 1.54) is 30.5 Å². The number of aromatic nitrogens is 1. The standard InChI is InChI=1S/C20H17F3N2O4/c1-2-28-19(27)16-11-25-17-8-5-13(9-15(17)18(16)26)24-10-12-3-6-14(7-4-12)29-20(21,22)23/h3-9,11,24H,2,10H2,1H3,(H,25,26). The Morgan fingerprint density at radius 2 is 1.86 bits per heavy atom. The number of ether oxygens (including phenoxy) is 2. The second-order valence-corrected chi connectivity index (χ2v) is 6.06. The van der Waals surface area contributed by atoms with Gasteiger partial charge < -0.3 is 19.8 Å². The average molecular weight is 406 g/mol. The zero-order chi connectivity index (χ0) is 21.0. The topological polar surface area (TPSA) is 80.4 Å². The molecule has 0 fully saturated rings. The third-order valence-electron chi connectivity index (χ3n) is 4.03. The molecule has 9 heteroatoms. The van der Waals surface area contributed by atoms with Gasteiger partial charge in [0.2, 0.25) is 5.43 Å². The molecule has 0 amide bonds. The fourth-order valence-corrected chi connectivity index (χ4v) is 2.70. The number of rotatable bonds is 6. The molecule has 6 nitrogen and oxygen atoms in total. The smallest absolute Gasteiger partial charge is 0.462 e. The number of alkyl halides is 3. The van der Waals surface area contributed by atoms with Crippen molar-refractivity contribution in [2.75, 3.05) is 11.9 Å². The lowest BCUT2D eigenvalue weighted by Gasteiger charge is -2.11. The molecular formula is C20H17F3N2O4. The number of anilines is 1. The zero-order valence-electron chi connectivity index (χ0n) is 15.3. The highest BCUT2D eigenvalue weighted by Gasteiger charge is 2.30. The number of hydrogen-bond acceptors (Lipinski definition) is 5. The minimum absolute atomic E-state index is 0.0863. The summed E-state index contributed by atoms with van der Waals surface area (Å²) in [6, 6.07) is 10.5. The van der Waals surface area contributed by atoms with E-state index in [-0.39, 0.29) is 17.9 Å². The number of pyridine rings is 1. The maximum absolute atomic E-state index is 12.6. The Labute approximate surface area is 163 Å². The number of aromatic amines is 1. The predicted octanol–water partition coefficient (Wildman–Crippen LogP) is 4.22. The molecule has 2 N–H and O–H groups in total. The highest BCUT2D eigenvalue weighted by atomic mass is 19.4. The molecule has 0 atom stereocenters. The first-order valence-corrected chi connectivity index (χ1v) is 8.68. The summed E-state index contributed by atoms with van der Waals surface area (Å²) in [6.45, 7) is 2.12. The molecule has 1 heterocycles. The molecule has 0 saturated heterocycles. The molecule has 0 aliphatic heterocycles. The van der Waals surface area contributed by atoms with Crippen molar-refractivity contribution >= 4 is 22.6 Å². The Hall–Kier alpha value is -3.49. The van der Waals surface area contributed by atoms with Crippen LogP contribution in [0.3, 0.4) is 0 Å². The van der Waals surface area contributed by atoms with Crippen molar-refractivity contribution in [3.8, 4) is 5.75 Å². The van der Waals surface area contributed by atoms with Crippen LogP contribution in [0.5, 0.6) is 5.75 Å². The van der Waals surface area contributed by atoms with Gasteiger partial charge in [-0.3, -0.25) is 4.79 Å². The molecule has 0 aliphatic rings. The lowest BCUT2D eigenvalue weighted by Crippen LogP contribution is -2.18. The summed E-state index contributed by atoms with van der Waals surface area (Å²) >= 11 is 0. The number of esters is 1. The summed E-state index contributed by atoms with van der Waals surface area (Å²) in [5.74, 6) is -1.000. The molecule has 152 valence electrons. The van der Waals surface area contributed by atoms with Crippen LogP contribution in [0.25, 0.3) is 10.9 Å². The fourth-order valence-electron chi connectivity index (χ4n) is 2.70. The SMILES string of the molecule is CCOC(=O)c1c[nH]c2ccc(NCc3ccc(OC(F)(F)F)cc3)cc2c1=O. The first-order valence-electron chi connectivity index (χ1n) is 8.68. The molecule has 0 aliphatic carbocycles. The van der Waals surface area contributed by atoms with Crippen molar-refractivity contribution in [2.45, 2.75) is 19.8 Å². The van der Waals surface area contributed by atoms with Crippen LogP contribution >= 0.6 is 0 Å². The van der Waals surface area contributed by atoms with Crippen LogP contribution in [-0.2, 0) is 11.3 Å². The molecule has 0 spiro atoms. The average Bonchev–Trinajstić information content (AvgIpc) is 2.67. The van der Waals surface area contributed by atoms with E-state index in [1.807, 2.05) is 0 Å². The Bertz CT molecular complexity index is 1080. The van der Waals surface area contributed by atoms with Crippen molar-refractivity contribution in [1.29, 1.82) is 0 Å². The van der Waals surface area contributed by atoms with Gasteiger partial charge in [-0.15, -0.1) is 13.2 Å². The molecule has 3 rings (SSSR count). The van der Waals surface area contributed by atoms with Crippen LogP contribution in [0.2, 0.25) is 0 Å². The van der Waals surface area contributed by atoms with Crippen LogP contribution < -0.4 is 15.5 Å². The van der Waals surface area contributed by atoms with Gasteiger partial charge in [0.25, 0.3) is 0 Å². The number of benzene rings is 2. The molecule has 29 heavy (non-hydrogen) atoms. The van der Waals surface area contributed by atoms with Crippen LogP contribution in [-0.4, -0.2) is 23.9 Å². The van der Waals surface area contributed by atoms with E-state index in [0.717, 1.165) is 0 Å². The molecule has 0 bridgehead atoms. The zero-order valence-corrected chi connectivity index (χ0v) is 15.3. The molecule has 0 unspecified atom stereocenters. The molecule has 0 radical (unpaired) electrons. The molecule has 1 aromatic heterocycles. The lowest BCUT2D eigenvalue weighted by atomic mass is 10.1. The quantitative estimate of drug-likeness (QED) is 0.600. The number of carbonyl (C=O) groups excluding carboxylic acids is 1. The second-order valence-electron chi connectivity index (χ2n) is 6.06. The van der Waals surface area contributed by atoms with E-state index >= 15 is 0 Å². The van der Waals surface area contributed by atoms with Crippen molar-refractivity contribution in [3.63, 3.8) is 0 Å². The van der Waals surface area contributed by atoms with Gasteiger partial charge in [-0.05, 0) is 42.8 Å². The van der Waals surface area contributed by atoms with Gasteiger partial charge in [0.15, 0.2) is 0 Å². The highest BCUT2D eigenvalue weighted by molar-refractivity contribution is 5.94. The Morgan fingerprint density at radius 3 is 2.52 bits per heavy atom. The van der Waals surface area contributed by atoms with Crippen LogP contribution in [0.1, 0.15) is 22.8 Å². The van der Waals surface area contributed by atoms with Gasteiger partial charge >= 0.3 is 12.3 Å². The normalized spacial score (nSPS) is 11.3. The van der Waals surface area contributed by atoms with Crippen LogP contribution in [0, 0.1) is 0 Å². The van der Waals surface area contributed by atoms with E-state index < -0.39 is 17.8 Å². The number of H-pyrrole nitrogens is 1. The number of halogens is 3. The van der Waals surface area contributed by atoms with Gasteiger partial charge in [0.1, 0.15) is 11.3 Å². The summed E-state index contributed by atoms with van der Waals surface area (Å²) in [5, 5.41) is 3.40. The lowest BCUT2D eigenvalue weighted by molar-refractivity contribution is -0.274. The summed E-state index contributed by atoms with van der Waals surface area (Å²) < 4.78 is 45.3. The summed E-state index contributed by atoms with van der Waals surface area (Å²) in [6.07, 6.45) is -3.42. The molecule has 0 saturated carbocycles. The van der Waals surface area contributed by atoms with Crippen molar-refractivity contribution in [3.05, 3.63) is 70.0 Å². The van der Waals surface area contributed by atoms with E-state index in [9.17, 15) is 22.8 Å². The molecular weight excluding hydrogens is 389 g/mol. The highest BCUT2D eigenvalue weighted by Crippen LogP contribution is 2.23. The number of hydrogen-bond donors (Lipinski definition) is 2. The largest absolute Gasteiger partial charge is 0.573 e. The van der Waals surface area contributed by atoms with Gasteiger partial charge in [0.05, 0.1) is 6.61 Å². The van der Waals surface area contributed by atoms with Gasteiger partial charge in [-0.2, -0.15) is 0 Å². The maximum Gasteiger partial charge on any atom is 0.573 e. The van der Waals surface area contributed by atoms with Gasteiger partial charge in [-0.1, -0.05) is 12.1 Å². The fraction of sp³-hybridized carbons (Fsp3) is 0.200. The summed E-state index contributed by atoms with van der Waals surface area (Å²) in [4.78, 5) is 27.3. The van der Waals surface area contributed by atoms with Gasteiger partial charge in [0, 0.05) is 29.3 Å². The third-order valence-corrected chi connectivity index (χ3v) is 4.03. The van der Waals surface area contributed by atoms with Crippen molar-refractivity contribution in [2.24, 2.45) is 0 Å². The monoisotopic (exact) mass is 406 g/mol. The first-order chi connectivity index (χ1) is 13.8. The van der Waals surface area contributed by atoms with E-state index in [1.54, 1.807) is 25.1 Å². The van der Waals surface area contributed by atoms with E-state index in [0.29, 0.717) is 28.7 Å². The third kappa shape index (κ3) is 5.07. The van der Waals surface area contributed by atoms with Gasteiger partial charge in [-0.25, -0.2) is 4.79 Å². The van der Waals surface area contributed by atoms with Crippen LogP contribution in [0.4, 0.5) is 18.9 Å². The Balaban J connectivity index is 1.76. The maximum atomic E-state index is 12.6. The summed E-state index contributed by atoms with van der Waals surface area (Å²) in [5.41, 5.74) is 1.35. The van der Waals surface area contributed by atoms with Crippen LogP contribution in [0.15, 0.2) is 53.5 Å². The first kappa shape index (κ1) is 20.2. The number of fused-ring (bicyclic) bond motifs is 1. The second kappa shape index (κ2) is 8.26. The Kier molecular flexibility index (Phi) is 5.76. The summed E-state index contributed by atoms with van der Waals surface area (Å²) in [7, 11) is 0. The molecule has 2 aromatic carbocycles. The minimum Gasteiger partial charge on any atom is -0.462 e. The number of nitrogens with one attached hydrogen (secondary N) is 2. The van der Waals surface area contributed by atoms with Crippen molar-refractivity contribution < 1.29 is 27.4 Å². The van der Waals surface area contributed by atoms with E-state index in [2.05, 4.69) is 15.0 Å². The minimum atomic E-state index is -4.74. The predicted molar refractivity (Wildman–Crippen MR) is 101 cm³/mol. The number of carbonyl (C=O) groups is 1. The van der Waals surface area contributed by atoms with Crippen molar-refractivity contribution in [1.82, 2.24) is 4.98 Å².